The quantitative estimate of drug-likeness (QED) is 0.391. The number of carbonyl (C=O) groups is 2. The Kier molecular flexibility index (Phi) is 6.49. The van der Waals surface area contributed by atoms with E-state index in [9.17, 15) is 9.59 Å². The third-order valence-electron chi connectivity index (χ3n) is 4.64. The van der Waals surface area contributed by atoms with Gasteiger partial charge >= 0.3 is 12.1 Å². The van der Waals surface area contributed by atoms with Crippen LogP contribution in [0.5, 0.6) is 11.5 Å². The van der Waals surface area contributed by atoms with Crippen LogP contribution in [0.1, 0.15) is 20.8 Å². The molecular formula is C26H25N3O5. The number of nitrogens with one attached hydrogen (secondary N) is 1. The molecule has 0 aliphatic rings. The van der Waals surface area contributed by atoms with Crippen molar-refractivity contribution in [3.63, 3.8) is 0 Å². The van der Waals surface area contributed by atoms with Crippen LogP contribution in [0.3, 0.4) is 0 Å². The smallest absolute Gasteiger partial charge is 0.417 e. The fraction of sp³-hybridized carbons (Fsp3) is 0.192. The molecule has 1 heterocycles. The van der Waals surface area contributed by atoms with Crippen molar-refractivity contribution in [3.8, 4) is 17.2 Å². The summed E-state index contributed by atoms with van der Waals surface area (Å²) in [5.74, 6) is 0.565. The molecule has 8 nitrogen and oxygen atoms in total. The van der Waals surface area contributed by atoms with E-state index in [1.165, 1.54) is 0 Å². The standard InChI is InChI=1S/C26H25N3O5/c1-26(2,3)34-24(30)16-32-21-13-14-23-22(15-21)27-17-29(23)19-11-9-18(10-12-19)28-25(31)33-20-7-5-4-6-8-20/h4-15,17H,16H2,1-3H3,(H,28,31). The molecule has 4 rings (SSSR count). The minimum Gasteiger partial charge on any atom is -0.482 e. The first-order valence-electron chi connectivity index (χ1n) is 10.7. The summed E-state index contributed by atoms with van der Waals surface area (Å²) in [5.41, 5.74) is 2.50. The minimum atomic E-state index is -0.564. The van der Waals surface area contributed by atoms with Crippen LogP contribution in [-0.2, 0) is 9.53 Å². The lowest BCUT2D eigenvalue weighted by Crippen LogP contribution is -2.27. The number of para-hydroxylation sites is 1. The molecule has 0 unspecified atom stereocenters. The first-order chi connectivity index (χ1) is 16.3. The number of hydrogen-bond donors (Lipinski definition) is 1. The van der Waals surface area contributed by atoms with E-state index < -0.39 is 17.7 Å². The molecule has 1 N–H and O–H groups in total. The topological polar surface area (TPSA) is 91.7 Å². The van der Waals surface area contributed by atoms with Gasteiger partial charge in [0.1, 0.15) is 23.4 Å². The van der Waals surface area contributed by atoms with Gasteiger partial charge in [-0.05, 0) is 69.3 Å². The van der Waals surface area contributed by atoms with Gasteiger partial charge in [0.25, 0.3) is 0 Å². The van der Waals surface area contributed by atoms with E-state index in [2.05, 4.69) is 10.3 Å². The van der Waals surface area contributed by atoms with Gasteiger partial charge in [-0.2, -0.15) is 0 Å². The van der Waals surface area contributed by atoms with Crippen LogP contribution in [0.25, 0.3) is 16.7 Å². The molecule has 0 bridgehead atoms. The van der Waals surface area contributed by atoms with Gasteiger partial charge in [0.05, 0.1) is 11.0 Å². The SMILES string of the molecule is CC(C)(C)OC(=O)COc1ccc2c(c1)ncn2-c1ccc(NC(=O)Oc2ccccc2)cc1. The van der Waals surface area contributed by atoms with Crippen molar-refractivity contribution in [2.45, 2.75) is 26.4 Å². The van der Waals surface area contributed by atoms with Crippen molar-refractivity contribution in [1.29, 1.82) is 0 Å². The Morgan fingerprint density at radius 1 is 0.941 bits per heavy atom. The van der Waals surface area contributed by atoms with Crippen LogP contribution in [0.15, 0.2) is 79.1 Å². The van der Waals surface area contributed by atoms with Gasteiger partial charge in [0, 0.05) is 17.4 Å². The number of carbonyl (C=O) groups excluding carboxylic acids is 2. The summed E-state index contributed by atoms with van der Waals surface area (Å²) in [6, 6.07) is 21.6. The van der Waals surface area contributed by atoms with E-state index in [4.69, 9.17) is 14.2 Å². The van der Waals surface area contributed by atoms with Crippen LogP contribution in [0.4, 0.5) is 10.5 Å². The molecule has 0 saturated heterocycles. The van der Waals surface area contributed by atoms with Gasteiger partial charge in [-0.1, -0.05) is 18.2 Å². The molecule has 0 atom stereocenters. The molecular weight excluding hydrogens is 434 g/mol. The Bertz CT molecular complexity index is 1290. The predicted molar refractivity (Wildman–Crippen MR) is 128 cm³/mol. The maximum absolute atomic E-state index is 12.1. The van der Waals surface area contributed by atoms with Crippen molar-refractivity contribution >= 4 is 28.8 Å². The highest BCUT2D eigenvalue weighted by Crippen LogP contribution is 2.24. The molecule has 0 aliphatic carbocycles. The summed E-state index contributed by atoms with van der Waals surface area (Å²) < 4.78 is 18.0. The lowest BCUT2D eigenvalue weighted by molar-refractivity contribution is -0.157. The number of benzene rings is 3. The number of rotatable bonds is 6. The lowest BCUT2D eigenvalue weighted by atomic mass is 10.2. The van der Waals surface area contributed by atoms with Crippen molar-refractivity contribution in [1.82, 2.24) is 9.55 Å². The van der Waals surface area contributed by atoms with E-state index in [0.29, 0.717) is 17.2 Å². The number of anilines is 1. The molecule has 0 spiro atoms. The molecule has 34 heavy (non-hydrogen) atoms. The molecule has 8 heteroatoms. The summed E-state index contributed by atoms with van der Waals surface area (Å²) in [6.45, 7) is 5.25. The van der Waals surface area contributed by atoms with Crippen LogP contribution in [0, 0.1) is 0 Å². The third-order valence-corrected chi connectivity index (χ3v) is 4.64. The maximum atomic E-state index is 12.1. The summed E-state index contributed by atoms with van der Waals surface area (Å²) in [7, 11) is 0. The second-order valence-corrected chi connectivity index (χ2v) is 8.51. The molecule has 1 aromatic heterocycles. The number of esters is 1. The Hall–Kier alpha value is -4.33. The lowest BCUT2D eigenvalue weighted by Gasteiger charge is -2.19. The zero-order valence-corrected chi connectivity index (χ0v) is 19.1. The Balaban J connectivity index is 1.40. The zero-order chi connectivity index (χ0) is 24.1. The molecule has 1 amide bonds. The van der Waals surface area contributed by atoms with Crippen LogP contribution < -0.4 is 14.8 Å². The fourth-order valence-corrected chi connectivity index (χ4v) is 3.25. The highest BCUT2D eigenvalue weighted by atomic mass is 16.6. The second-order valence-electron chi connectivity index (χ2n) is 8.51. The van der Waals surface area contributed by atoms with Gasteiger partial charge < -0.3 is 14.2 Å². The summed E-state index contributed by atoms with van der Waals surface area (Å²) in [4.78, 5) is 28.4. The Morgan fingerprint density at radius 3 is 2.38 bits per heavy atom. The fourth-order valence-electron chi connectivity index (χ4n) is 3.25. The Labute approximate surface area is 197 Å². The summed E-state index contributed by atoms with van der Waals surface area (Å²) >= 11 is 0. The number of fused-ring (bicyclic) bond motifs is 1. The maximum Gasteiger partial charge on any atom is 0.417 e. The predicted octanol–water partition coefficient (Wildman–Crippen LogP) is 5.36. The van der Waals surface area contributed by atoms with Crippen molar-refractivity contribution in [3.05, 3.63) is 79.1 Å². The highest BCUT2D eigenvalue weighted by molar-refractivity contribution is 5.86. The van der Waals surface area contributed by atoms with E-state index >= 15 is 0 Å². The number of ether oxygens (including phenoxy) is 3. The van der Waals surface area contributed by atoms with Gasteiger partial charge in [-0.3, -0.25) is 9.88 Å². The molecule has 4 aromatic rings. The third kappa shape index (κ3) is 5.92. The summed E-state index contributed by atoms with van der Waals surface area (Å²) in [5, 5.41) is 2.70. The van der Waals surface area contributed by atoms with Crippen LogP contribution >= 0.6 is 0 Å². The molecule has 0 radical (unpaired) electrons. The number of hydrogen-bond acceptors (Lipinski definition) is 6. The average Bonchev–Trinajstić information content (AvgIpc) is 3.21. The number of aromatic nitrogens is 2. The normalized spacial score (nSPS) is 11.1. The number of nitrogens with zero attached hydrogens (tertiary/aromatic N) is 2. The van der Waals surface area contributed by atoms with Crippen molar-refractivity contribution in [2.24, 2.45) is 0 Å². The van der Waals surface area contributed by atoms with Crippen molar-refractivity contribution in [2.75, 3.05) is 11.9 Å². The first-order valence-corrected chi connectivity index (χ1v) is 10.7. The van der Waals surface area contributed by atoms with Gasteiger partial charge in [0.15, 0.2) is 6.61 Å². The zero-order valence-electron chi connectivity index (χ0n) is 19.1. The van der Waals surface area contributed by atoms with Gasteiger partial charge in [-0.15, -0.1) is 0 Å². The van der Waals surface area contributed by atoms with Gasteiger partial charge in [0.2, 0.25) is 0 Å². The van der Waals surface area contributed by atoms with Gasteiger partial charge in [-0.25, -0.2) is 14.6 Å². The van der Waals surface area contributed by atoms with E-state index in [1.807, 2.05) is 49.6 Å². The van der Waals surface area contributed by atoms with E-state index in [0.717, 1.165) is 16.7 Å². The molecule has 0 saturated carbocycles. The largest absolute Gasteiger partial charge is 0.482 e. The molecule has 0 fully saturated rings. The molecule has 3 aromatic carbocycles. The van der Waals surface area contributed by atoms with Crippen LogP contribution in [-0.4, -0.2) is 33.8 Å². The van der Waals surface area contributed by atoms with E-state index in [-0.39, 0.29) is 6.61 Å². The monoisotopic (exact) mass is 459 g/mol. The first kappa shape index (κ1) is 22.8. The number of amides is 1. The number of imidazole rings is 1. The second kappa shape index (κ2) is 9.66. The van der Waals surface area contributed by atoms with Crippen molar-refractivity contribution < 1.29 is 23.8 Å². The highest BCUT2D eigenvalue weighted by Gasteiger charge is 2.17. The van der Waals surface area contributed by atoms with Crippen LogP contribution in [0.2, 0.25) is 0 Å². The minimum absolute atomic E-state index is 0.176. The molecule has 0 aliphatic heterocycles. The summed E-state index contributed by atoms with van der Waals surface area (Å²) in [6.07, 6.45) is 1.14. The molecule has 174 valence electrons. The average molecular weight is 460 g/mol. The Morgan fingerprint density at radius 2 is 1.68 bits per heavy atom. The van der Waals surface area contributed by atoms with E-state index in [1.54, 1.807) is 54.9 Å².